The molecular formula is C16H16F3NO2. The Morgan fingerprint density at radius 1 is 1.36 bits per heavy atom. The van der Waals surface area contributed by atoms with Crippen molar-refractivity contribution in [2.75, 3.05) is 0 Å². The molecule has 0 aliphatic heterocycles. The third-order valence-corrected chi connectivity index (χ3v) is 4.89. The fourth-order valence-corrected chi connectivity index (χ4v) is 3.75. The first-order valence-electron chi connectivity index (χ1n) is 7.21. The molecule has 22 heavy (non-hydrogen) atoms. The molecule has 1 aromatic rings. The van der Waals surface area contributed by atoms with Crippen molar-refractivity contribution in [3.05, 3.63) is 29.3 Å². The van der Waals surface area contributed by atoms with Crippen LogP contribution in [0.3, 0.4) is 0 Å². The maximum atomic E-state index is 12.9. The highest BCUT2D eigenvalue weighted by Crippen LogP contribution is 2.51. The van der Waals surface area contributed by atoms with Crippen molar-refractivity contribution in [2.45, 2.75) is 44.1 Å². The molecule has 0 heterocycles. The lowest BCUT2D eigenvalue weighted by Crippen LogP contribution is -2.37. The van der Waals surface area contributed by atoms with E-state index in [0.29, 0.717) is 12.8 Å². The van der Waals surface area contributed by atoms with Gasteiger partial charge in [0.1, 0.15) is 11.9 Å². The summed E-state index contributed by atoms with van der Waals surface area (Å²) in [5.74, 6) is 0.441. The zero-order valence-electron chi connectivity index (χ0n) is 12.0. The molecule has 2 aliphatic carbocycles. The first-order chi connectivity index (χ1) is 10.2. The second-order valence-corrected chi connectivity index (χ2v) is 6.46. The summed E-state index contributed by atoms with van der Waals surface area (Å²) in [6.07, 6.45) is -2.63. The number of fused-ring (bicyclic) bond motifs is 2. The third kappa shape index (κ3) is 2.54. The van der Waals surface area contributed by atoms with Crippen molar-refractivity contribution in [2.24, 2.45) is 11.8 Å². The van der Waals surface area contributed by atoms with Crippen LogP contribution in [0.2, 0.25) is 0 Å². The molecular weight excluding hydrogens is 295 g/mol. The topological polar surface area (TPSA) is 53.2 Å². The van der Waals surface area contributed by atoms with Crippen molar-refractivity contribution in [1.29, 1.82) is 5.26 Å². The van der Waals surface area contributed by atoms with Crippen molar-refractivity contribution in [3.63, 3.8) is 0 Å². The van der Waals surface area contributed by atoms with Crippen LogP contribution in [0.15, 0.2) is 18.2 Å². The van der Waals surface area contributed by atoms with Gasteiger partial charge >= 0.3 is 6.18 Å². The Morgan fingerprint density at radius 2 is 2.09 bits per heavy atom. The quantitative estimate of drug-likeness (QED) is 0.909. The largest absolute Gasteiger partial charge is 0.490 e. The molecule has 118 valence electrons. The molecule has 0 aromatic heterocycles. The first-order valence-corrected chi connectivity index (χ1v) is 7.21. The van der Waals surface area contributed by atoms with Crippen LogP contribution in [0.25, 0.3) is 0 Å². The number of hydrogen-bond donors (Lipinski definition) is 1. The first kappa shape index (κ1) is 15.2. The third-order valence-electron chi connectivity index (χ3n) is 4.89. The predicted octanol–water partition coefficient (Wildman–Crippen LogP) is 3.51. The maximum absolute atomic E-state index is 12.9. The van der Waals surface area contributed by atoms with E-state index in [-0.39, 0.29) is 23.7 Å². The highest BCUT2D eigenvalue weighted by atomic mass is 19.4. The molecule has 2 bridgehead atoms. The minimum Gasteiger partial charge on any atom is -0.490 e. The lowest BCUT2D eigenvalue weighted by atomic mass is 9.84. The average molecular weight is 311 g/mol. The standard InChI is InChI=1S/C16H16F3NO2/c1-15(21)7-10-4-11(15)5-14(10)22-12-3-2-9(8-20)13(6-12)16(17,18)19/h2-3,6,10-11,14,21H,4-5,7H2,1H3. The Morgan fingerprint density at radius 3 is 2.59 bits per heavy atom. The van der Waals surface area contributed by atoms with Crippen LogP contribution in [0.1, 0.15) is 37.3 Å². The molecule has 2 saturated carbocycles. The normalized spacial score (nSPS) is 33.7. The van der Waals surface area contributed by atoms with Gasteiger partial charge in [-0.1, -0.05) is 0 Å². The molecule has 2 fully saturated rings. The summed E-state index contributed by atoms with van der Waals surface area (Å²) < 4.78 is 44.5. The summed E-state index contributed by atoms with van der Waals surface area (Å²) in [7, 11) is 0. The smallest absolute Gasteiger partial charge is 0.417 e. The second kappa shape index (κ2) is 4.88. The summed E-state index contributed by atoms with van der Waals surface area (Å²) in [4.78, 5) is 0. The summed E-state index contributed by atoms with van der Waals surface area (Å²) >= 11 is 0. The summed E-state index contributed by atoms with van der Waals surface area (Å²) in [5.41, 5.74) is -2.06. The van der Waals surface area contributed by atoms with Crippen molar-refractivity contribution < 1.29 is 23.0 Å². The molecule has 3 rings (SSSR count). The van der Waals surface area contributed by atoms with Gasteiger partial charge in [0.2, 0.25) is 0 Å². The zero-order chi connectivity index (χ0) is 16.1. The number of halogens is 3. The lowest BCUT2D eigenvalue weighted by molar-refractivity contribution is -0.137. The lowest BCUT2D eigenvalue weighted by Gasteiger charge is -2.32. The minimum absolute atomic E-state index is 0.128. The number of hydrogen-bond acceptors (Lipinski definition) is 3. The molecule has 3 nitrogen and oxygen atoms in total. The molecule has 1 N–H and O–H groups in total. The van der Waals surface area contributed by atoms with E-state index in [9.17, 15) is 18.3 Å². The Kier molecular flexibility index (Phi) is 3.37. The van der Waals surface area contributed by atoms with Crippen LogP contribution in [0.5, 0.6) is 5.75 Å². The Hall–Kier alpha value is -1.74. The number of alkyl halides is 3. The van der Waals surface area contributed by atoms with Gasteiger partial charge < -0.3 is 9.84 Å². The van der Waals surface area contributed by atoms with Crippen LogP contribution in [-0.2, 0) is 6.18 Å². The minimum atomic E-state index is -4.58. The van der Waals surface area contributed by atoms with E-state index in [1.807, 2.05) is 0 Å². The van der Waals surface area contributed by atoms with Gasteiger partial charge in [0.05, 0.1) is 22.8 Å². The van der Waals surface area contributed by atoms with E-state index in [0.717, 1.165) is 18.6 Å². The van der Waals surface area contributed by atoms with Crippen molar-refractivity contribution >= 4 is 0 Å². The van der Waals surface area contributed by atoms with E-state index in [1.165, 1.54) is 6.07 Å². The van der Waals surface area contributed by atoms with Crippen LogP contribution in [-0.4, -0.2) is 16.8 Å². The molecule has 0 amide bonds. The monoisotopic (exact) mass is 311 g/mol. The fourth-order valence-electron chi connectivity index (χ4n) is 3.75. The molecule has 4 unspecified atom stereocenters. The van der Waals surface area contributed by atoms with Crippen LogP contribution in [0.4, 0.5) is 13.2 Å². The summed E-state index contributed by atoms with van der Waals surface area (Å²) in [6, 6.07) is 4.98. The van der Waals surface area contributed by atoms with Gasteiger partial charge in [-0.2, -0.15) is 18.4 Å². The zero-order valence-corrected chi connectivity index (χ0v) is 12.0. The molecule has 0 spiro atoms. The van der Waals surface area contributed by atoms with Crippen LogP contribution < -0.4 is 4.74 Å². The second-order valence-electron chi connectivity index (χ2n) is 6.46. The van der Waals surface area contributed by atoms with Crippen LogP contribution in [0, 0.1) is 23.2 Å². The summed E-state index contributed by atoms with van der Waals surface area (Å²) in [5, 5.41) is 18.9. The van der Waals surface area contributed by atoms with Gasteiger partial charge in [0.15, 0.2) is 0 Å². The van der Waals surface area contributed by atoms with Gasteiger partial charge in [-0.3, -0.25) is 0 Å². The van der Waals surface area contributed by atoms with E-state index in [4.69, 9.17) is 10.00 Å². The molecule has 0 radical (unpaired) electrons. The Labute approximate surface area is 126 Å². The van der Waals surface area contributed by atoms with Crippen molar-refractivity contribution in [3.8, 4) is 11.8 Å². The van der Waals surface area contributed by atoms with E-state index < -0.39 is 22.9 Å². The van der Waals surface area contributed by atoms with E-state index in [1.54, 1.807) is 13.0 Å². The fraction of sp³-hybridized carbons (Fsp3) is 0.562. The number of nitrogens with zero attached hydrogens (tertiary/aromatic N) is 1. The van der Waals surface area contributed by atoms with Crippen molar-refractivity contribution in [1.82, 2.24) is 0 Å². The van der Waals surface area contributed by atoms with Gasteiger partial charge in [-0.05, 0) is 56.2 Å². The van der Waals surface area contributed by atoms with Gasteiger partial charge in [0.25, 0.3) is 0 Å². The molecule has 6 heteroatoms. The predicted molar refractivity (Wildman–Crippen MR) is 72.0 cm³/mol. The number of rotatable bonds is 2. The number of aliphatic hydroxyl groups is 1. The van der Waals surface area contributed by atoms with Gasteiger partial charge in [-0.15, -0.1) is 0 Å². The number of nitriles is 1. The molecule has 1 aromatic carbocycles. The number of benzene rings is 1. The maximum Gasteiger partial charge on any atom is 0.417 e. The SMILES string of the molecule is CC1(O)CC2CC1CC2Oc1ccc(C#N)c(C(F)(F)F)c1. The van der Waals surface area contributed by atoms with Gasteiger partial charge in [0, 0.05) is 0 Å². The Bertz CT molecular complexity index is 633. The van der Waals surface area contributed by atoms with Crippen LogP contribution >= 0.6 is 0 Å². The summed E-state index contributed by atoms with van der Waals surface area (Å²) in [6.45, 7) is 1.80. The number of ether oxygens (including phenoxy) is 1. The average Bonchev–Trinajstić information content (AvgIpc) is 2.93. The Balaban J connectivity index is 1.79. The highest BCUT2D eigenvalue weighted by molar-refractivity contribution is 5.44. The molecule has 4 atom stereocenters. The molecule has 0 saturated heterocycles. The van der Waals surface area contributed by atoms with Gasteiger partial charge in [-0.25, -0.2) is 0 Å². The highest BCUT2D eigenvalue weighted by Gasteiger charge is 2.52. The van der Waals surface area contributed by atoms with E-state index >= 15 is 0 Å². The molecule has 2 aliphatic rings. The van der Waals surface area contributed by atoms with E-state index in [2.05, 4.69) is 0 Å².